The van der Waals surface area contributed by atoms with Crippen LogP contribution in [-0.4, -0.2) is 5.88 Å². The number of hydrogen-bond acceptors (Lipinski definition) is 0. The summed E-state index contributed by atoms with van der Waals surface area (Å²) >= 11 is 9.67. The Morgan fingerprint density at radius 1 is 1.15 bits per heavy atom. The van der Waals surface area contributed by atoms with Crippen LogP contribution in [0.3, 0.4) is 0 Å². The molecule has 0 fully saturated rings. The van der Waals surface area contributed by atoms with E-state index in [-0.39, 0.29) is 11.2 Å². The zero-order valence-electron chi connectivity index (χ0n) is 11.4. The normalized spacial score (nSPS) is 14.0. The highest BCUT2D eigenvalue weighted by Crippen LogP contribution is 2.34. The molecular weight excluding hydrogens is 339 g/mol. The van der Waals surface area contributed by atoms with E-state index in [0.29, 0.717) is 17.9 Å². The molecule has 0 saturated heterocycles. The van der Waals surface area contributed by atoms with E-state index >= 15 is 0 Å². The fraction of sp³-hybridized carbons (Fsp3) is 0.294. The molecule has 0 aliphatic heterocycles. The van der Waals surface area contributed by atoms with Crippen LogP contribution in [0.5, 0.6) is 0 Å². The highest BCUT2D eigenvalue weighted by atomic mass is 79.9. The van der Waals surface area contributed by atoms with E-state index in [1.54, 1.807) is 6.07 Å². The molecule has 0 nitrogen and oxygen atoms in total. The Labute approximate surface area is 133 Å². The molecule has 0 saturated carbocycles. The van der Waals surface area contributed by atoms with Gasteiger partial charge in [-0.25, -0.2) is 4.39 Å². The van der Waals surface area contributed by atoms with Crippen molar-refractivity contribution >= 4 is 27.5 Å². The molecule has 20 heavy (non-hydrogen) atoms. The molecular formula is C17H17BrClF. The van der Waals surface area contributed by atoms with E-state index in [1.807, 2.05) is 24.3 Å². The van der Waals surface area contributed by atoms with Gasteiger partial charge in [-0.3, -0.25) is 0 Å². The molecule has 0 aliphatic rings. The Hall–Kier alpha value is -0.860. The lowest BCUT2D eigenvalue weighted by atomic mass is 9.75. The Morgan fingerprint density at radius 3 is 2.45 bits per heavy atom. The summed E-state index contributed by atoms with van der Waals surface area (Å²) < 4.78 is 14.9. The maximum Gasteiger partial charge on any atom is 0.126 e. The molecule has 1 unspecified atom stereocenters. The first-order valence-electron chi connectivity index (χ1n) is 6.67. The second-order valence-electron chi connectivity index (χ2n) is 5.05. The molecule has 0 heterocycles. The number of rotatable bonds is 5. The van der Waals surface area contributed by atoms with Gasteiger partial charge in [-0.05, 0) is 42.2 Å². The first kappa shape index (κ1) is 15.5. The van der Waals surface area contributed by atoms with Gasteiger partial charge >= 0.3 is 0 Å². The summed E-state index contributed by atoms with van der Waals surface area (Å²) in [6.07, 6.45) is 1.47. The predicted octanol–water partition coefficient (Wildman–Crippen LogP) is 5.72. The average molecular weight is 356 g/mol. The molecule has 0 radical (unpaired) electrons. The third-order valence-corrected chi connectivity index (χ3v) is 4.86. The Kier molecular flexibility index (Phi) is 5.22. The monoisotopic (exact) mass is 354 g/mol. The highest BCUT2D eigenvalue weighted by molar-refractivity contribution is 9.10. The smallest absolute Gasteiger partial charge is 0.126 e. The van der Waals surface area contributed by atoms with Crippen LogP contribution in [0.15, 0.2) is 53.0 Å². The van der Waals surface area contributed by atoms with Gasteiger partial charge in [-0.1, -0.05) is 53.2 Å². The molecule has 0 amide bonds. The highest BCUT2D eigenvalue weighted by Gasteiger charge is 2.30. The van der Waals surface area contributed by atoms with Crippen LogP contribution < -0.4 is 0 Å². The maximum atomic E-state index is 14.0. The quantitative estimate of drug-likeness (QED) is 0.602. The van der Waals surface area contributed by atoms with Crippen molar-refractivity contribution in [2.24, 2.45) is 0 Å². The van der Waals surface area contributed by atoms with Crippen molar-refractivity contribution in [3.8, 4) is 0 Å². The fourth-order valence-corrected chi connectivity index (χ4v) is 3.33. The second kappa shape index (κ2) is 6.73. The van der Waals surface area contributed by atoms with Crippen LogP contribution in [0, 0.1) is 5.82 Å². The maximum absolute atomic E-state index is 14.0. The zero-order chi connectivity index (χ0) is 14.6. The first-order chi connectivity index (χ1) is 9.61. The summed E-state index contributed by atoms with van der Waals surface area (Å²) in [5.41, 5.74) is 1.63. The van der Waals surface area contributed by atoms with Gasteiger partial charge in [-0.2, -0.15) is 0 Å². The van der Waals surface area contributed by atoms with Crippen LogP contribution in [0.25, 0.3) is 0 Å². The molecule has 2 aromatic rings. The minimum absolute atomic E-state index is 0.174. The van der Waals surface area contributed by atoms with E-state index in [0.717, 1.165) is 16.5 Å². The predicted molar refractivity (Wildman–Crippen MR) is 86.9 cm³/mol. The van der Waals surface area contributed by atoms with Gasteiger partial charge < -0.3 is 0 Å². The first-order valence-corrected chi connectivity index (χ1v) is 7.99. The van der Waals surface area contributed by atoms with Gasteiger partial charge in [-0.15, -0.1) is 11.6 Å². The van der Waals surface area contributed by atoms with Gasteiger partial charge in [0.05, 0.1) is 0 Å². The van der Waals surface area contributed by atoms with E-state index in [4.69, 9.17) is 11.6 Å². The standard InChI is InChI=1S/C17H17BrClF/c1-2-17(12-19,14-6-4-3-5-7-14)11-13-10-15(18)8-9-16(13)20/h3-10H,2,11-12H2,1H3. The lowest BCUT2D eigenvalue weighted by Crippen LogP contribution is -2.30. The Balaban J connectivity index is 2.42. The summed E-state index contributed by atoms with van der Waals surface area (Å²) in [4.78, 5) is 0. The van der Waals surface area contributed by atoms with Crippen LogP contribution in [-0.2, 0) is 11.8 Å². The molecule has 2 aromatic carbocycles. The molecule has 0 N–H and O–H groups in total. The van der Waals surface area contributed by atoms with E-state index in [1.165, 1.54) is 6.07 Å². The number of hydrogen-bond donors (Lipinski definition) is 0. The van der Waals surface area contributed by atoms with E-state index in [2.05, 4.69) is 35.0 Å². The number of halogens is 3. The molecule has 3 heteroatoms. The van der Waals surface area contributed by atoms with Gasteiger partial charge in [0.15, 0.2) is 0 Å². The topological polar surface area (TPSA) is 0 Å². The second-order valence-corrected chi connectivity index (χ2v) is 6.23. The summed E-state index contributed by atoms with van der Waals surface area (Å²) in [5, 5.41) is 0. The Morgan fingerprint density at radius 2 is 1.85 bits per heavy atom. The molecule has 1 atom stereocenters. The largest absolute Gasteiger partial charge is 0.207 e. The number of benzene rings is 2. The minimum atomic E-state index is -0.232. The minimum Gasteiger partial charge on any atom is -0.207 e. The lowest BCUT2D eigenvalue weighted by molar-refractivity contribution is 0.446. The Bertz CT molecular complexity index is 564. The average Bonchev–Trinajstić information content (AvgIpc) is 2.49. The van der Waals surface area contributed by atoms with Crippen molar-refractivity contribution < 1.29 is 4.39 Å². The van der Waals surface area contributed by atoms with Crippen LogP contribution in [0.4, 0.5) is 4.39 Å². The van der Waals surface area contributed by atoms with Gasteiger partial charge in [0.2, 0.25) is 0 Å². The molecule has 0 aliphatic carbocycles. The third-order valence-electron chi connectivity index (χ3n) is 3.86. The van der Waals surface area contributed by atoms with Crippen LogP contribution >= 0.6 is 27.5 Å². The van der Waals surface area contributed by atoms with Crippen molar-refractivity contribution in [3.05, 3.63) is 69.9 Å². The lowest BCUT2D eigenvalue weighted by Gasteiger charge is -2.31. The zero-order valence-corrected chi connectivity index (χ0v) is 13.7. The molecule has 0 spiro atoms. The number of alkyl halides is 1. The van der Waals surface area contributed by atoms with Gasteiger partial charge in [0.25, 0.3) is 0 Å². The van der Waals surface area contributed by atoms with E-state index in [9.17, 15) is 4.39 Å². The summed E-state index contributed by atoms with van der Waals surface area (Å²) in [5.74, 6) is 0.298. The molecule has 2 rings (SSSR count). The van der Waals surface area contributed by atoms with Crippen molar-refractivity contribution in [3.63, 3.8) is 0 Å². The van der Waals surface area contributed by atoms with Crippen molar-refractivity contribution in [2.45, 2.75) is 25.2 Å². The molecule has 0 bridgehead atoms. The van der Waals surface area contributed by atoms with Crippen molar-refractivity contribution in [2.75, 3.05) is 5.88 Å². The molecule has 106 valence electrons. The summed E-state index contributed by atoms with van der Waals surface area (Å²) in [6, 6.07) is 15.2. The van der Waals surface area contributed by atoms with Gasteiger partial charge in [0, 0.05) is 15.8 Å². The molecule has 0 aromatic heterocycles. The SMILES string of the molecule is CCC(CCl)(Cc1cc(Br)ccc1F)c1ccccc1. The van der Waals surface area contributed by atoms with E-state index < -0.39 is 0 Å². The van der Waals surface area contributed by atoms with Crippen molar-refractivity contribution in [1.29, 1.82) is 0 Å². The summed E-state index contributed by atoms with van der Waals surface area (Å²) in [6.45, 7) is 2.10. The summed E-state index contributed by atoms with van der Waals surface area (Å²) in [7, 11) is 0. The fourth-order valence-electron chi connectivity index (χ4n) is 2.49. The van der Waals surface area contributed by atoms with Crippen LogP contribution in [0.1, 0.15) is 24.5 Å². The van der Waals surface area contributed by atoms with Crippen LogP contribution in [0.2, 0.25) is 0 Å². The van der Waals surface area contributed by atoms with Gasteiger partial charge in [0.1, 0.15) is 5.82 Å². The third kappa shape index (κ3) is 3.24. The van der Waals surface area contributed by atoms with Crippen molar-refractivity contribution in [1.82, 2.24) is 0 Å².